The van der Waals surface area contributed by atoms with Gasteiger partial charge in [-0.05, 0) is 43.0 Å². The van der Waals surface area contributed by atoms with E-state index in [-0.39, 0.29) is 17.9 Å². The van der Waals surface area contributed by atoms with Crippen molar-refractivity contribution in [1.82, 2.24) is 0 Å². The quantitative estimate of drug-likeness (QED) is 0.280. The number of allylic oxidation sites excluding steroid dienone is 1. The van der Waals surface area contributed by atoms with Gasteiger partial charge in [0.2, 0.25) is 0 Å². The number of benzene rings is 2. The molecule has 0 spiro atoms. The number of aliphatic carboxylic acids is 1. The number of carboxylic acids is 1. The number of carboxylic acid groups (broad SMARTS) is 1. The molecule has 0 aliphatic heterocycles. The summed E-state index contributed by atoms with van der Waals surface area (Å²) in [5.41, 5.74) is 0.645. The average Bonchev–Trinajstić information content (AvgIpc) is 3.06. The number of hydrogen-bond donors (Lipinski definition) is 1. The smallest absolute Gasteiger partial charge is 0.416 e. The molecular weight excluding hydrogens is 415 g/mol. The zero-order valence-corrected chi connectivity index (χ0v) is 17.0. The van der Waals surface area contributed by atoms with Crippen LogP contribution in [0.4, 0.5) is 13.2 Å². The highest BCUT2D eigenvalue weighted by Crippen LogP contribution is 2.36. The van der Waals surface area contributed by atoms with Crippen LogP contribution in [0.2, 0.25) is 0 Å². The minimum Gasteiger partial charge on any atom is -0.478 e. The van der Waals surface area contributed by atoms with Crippen LogP contribution in [-0.4, -0.2) is 16.8 Å². The molecule has 3 aromatic rings. The zero-order chi connectivity index (χ0) is 21.9. The largest absolute Gasteiger partial charge is 0.478 e. The number of oxime groups is 1. The minimum atomic E-state index is -4.44. The molecule has 0 fully saturated rings. The fraction of sp³-hybridized carbons (Fsp3) is 0.182. The summed E-state index contributed by atoms with van der Waals surface area (Å²) in [6.45, 7) is 3.19. The van der Waals surface area contributed by atoms with Gasteiger partial charge in [0.25, 0.3) is 0 Å². The summed E-state index contributed by atoms with van der Waals surface area (Å²) in [5, 5.41) is 14.3. The van der Waals surface area contributed by atoms with E-state index >= 15 is 0 Å². The second kappa shape index (κ2) is 8.71. The van der Waals surface area contributed by atoms with E-state index in [0.717, 1.165) is 22.2 Å². The first-order chi connectivity index (χ1) is 14.2. The molecule has 0 saturated carbocycles. The molecule has 0 radical (unpaired) electrons. The lowest BCUT2D eigenvalue weighted by Crippen LogP contribution is -2.07. The van der Waals surface area contributed by atoms with E-state index < -0.39 is 17.7 Å². The highest BCUT2D eigenvalue weighted by molar-refractivity contribution is 7.20. The van der Waals surface area contributed by atoms with Crippen molar-refractivity contribution in [3.8, 4) is 0 Å². The van der Waals surface area contributed by atoms with Crippen LogP contribution in [0.5, 0.6) is 0 Å². The molecule has 30 heavy (non-hydrogen) atoms. The summed E-state index contributed by atoms with van der Waals surface area (Å²) in [7, 11) is 0. The lowest BCUT2D eigenvalue weighted by atomic mass is 10.1. The second-order valence-electron chi connectivity index (χ2n) is 6.44. The molecule has 0 aliphatic rings. The lowest BCUT2D eigenvalue weighted by Gasteiger charge is -2.09. The van der Waals surface area contributed by atoms with E-state index in [1.165, 1.54) is 29.5 Å². The van der Waals surface area contributed by atoms with Crippen molar-refractivity contribution >= 4 is 38.7 Å². The van der Waals surface area contributed by atoms with Gasteiger partial charge in [-0.1, -0.05) is 41.6 Å². The Morgan fingerprint density at radius 2 is 1.93 bits per heavy atom. The molecule has 1 heterocycles. The van der Waals surface area contributed by atoms with Crippen molar-refractivity contribution in [2.45, 2.75) is 26.6 Å². The molecule has 2 aromatic carbocycles. The maximum Gasteiger partial charge on any atom is 0.416 e. The van der Waals surface area contributed by atoms with Crippen LogP contribution in [0, 0.1) is 0 Å². The Bertz CT molecular complexity index is 1150. The molecular formula is C22H18F3NO3S. The van der Waals surface area contributed by atoms with Gasteiger partial charge < -0.3 is 9.94 Å². The Kier molecular flexibility index (Phi) is 6.26. The Morgan fingerprint density at radius 3 is 2.60 bits per heavy atom. The first kappa shape index (κ1) is 21.6. The number of fused-ring (bicyclic) bond motifs is 1. The lowest BCUT2D eigenvalue weighted by molar-refractivity contribution is -0.137. The van der Waals surface area contributed by atoms with Crippen molar-refractivity contribution in [2.24, 2.45) is 5.16 Å². The van der Waals surface area contributed by atoms with E-state index in [1.807, 2.05) is 24.3 Å². The number of rotatable bonds is 6. The van der Waals surface area contributed by atoms with Gasteiger partial charge in [0.15, 0.2) is 0 Å². The number of carbonyl (C=O) groups is 1. The average molecular weight is 433 g/mol. The monoisotopic (exact) mass is 433 g/mol. The number of halogens is 3. The van der Waals surface area contributed by atoms with Crippen LogP contribution < -0.4 is 0 Å². The van der Waals surface area contributed by atoms with Gasteiger partial charge >= 0.3 is 12.1 Å². The van der Waals surface area contributed by atoms with Gasteiger partial charge in [-0.3, -0.25) is 0 Å². The maximum atomic E-state index is 12.9. The molecule has 8 heteroatoms. The van der Waals surface area contributed by atoms with E-state index in [9.17, 15) is 23.1 Å². The van der Waals surface area contributed by atoms with Gasteiger partial charge in [0, 0.05) is 15.1 Å². The SMILES string of the molecule is CC=C(C(=O)O)c1sc2ccccc2c1CON=C(C)c1cccc(C(F)(F)F)c1. The summed E-state index contributed by atoms with van der Waals surface area (Å²) >= 11 is 1.34. The van der Waals surface area contributed by atoms with E-state index in [4.69, 9.17) is 4.84 Å². The summed E-state index contributed by atoms with van der Waals surface area (Å²) in [5.74, 6) is -1.05. The molecule has 0 amide bonds. The summed E-state index contributed by atoms with van der Waals surface area (Å²) in [4.78, 5) is 17.6. The molecule has 1 N–H and O–H groups in total. The van der Waals surface area contributed by atoms with E-state index in [0.29, 0.717) is 16.0 Å². The molecule has 0 saturated heterocycles. The number of hydrogen-bond acceptors (Lipinski definition) is 4. The molecule has 0 aliphatic carbocycles. The number of thiophene rings is 1. The van der Waals surface area contributed by atoms with E-state index in [1.54, 1.807) is 13.8 Å². The predicted molar refractivity (Wildman–Crippen MR) is 112 cm³/mol. The third kappa shape index (κ3) is 4.54. The van der Waals surface area contributed by atoms with E-state index in [2.05, 4.69) is 5.16 Å². The summed E-state index contributed by atoms with van der Waals surface area (Å²) < 4.78 is 39.6. The van der Waals surface area contributed by atoms with Crippen molar-refractivity contribution in [2.75, 3.05) is 0 Å². The highest BCUT2D eigenvalue weighted by Gasteiger charge is 2.30. The third-order valence-electron chi connectivity index (χ3n) is 4.48. The molecule has 156 valence electrons. The van der Waals surface area contributed by atoms with Gasteiger partial charge in [0.1, 0.15) is 6.61 Å². The molecule has 4 nitrogen and oxygen atoms in total. The Hall–Kier alpha value is -3.13. The van der Waals surface area contributed by atoms with Crippen molar-refractivity contribution in [3.05, 3.63) is 76.2 Å². The number of alkyl halides is 3. The van der Waals surface area contributed by atoms with Crippen molar-refractivity contribution < 1.29 is 27.9 Å². The topological polar surface area (TPSA) is 58.9 Å². The summed E-state index contributed by atoms with van der Waals surface area (Å²) in [6, 6.07) is 12.3. The van der Waals surface area contributed by atoms with Crippen LogP contribution in [0.3, 0.4) is 0 Å². The fourth-order valence-corrected chi connectivity index (χ4v) is 4.25. The molecule has 3 rings (SSSR count). The Balaban J connectivity index is 1.90. The first-order valence-electron chi connectivity index (χ1n) is 8.97. The molecule has 0 atom stereocenters. The van der Waals surface area contributed by atoms with Crippen molar-refractivity contribution in [1.29, 1.82) is 0 Å². The highest BCUT2D eigenvalue weighted by atomic mass is 32.1. The maximum absolute atomic E-state index is 12.9. The third-order valence-corrected chi connectivity index (χ3v) is 5.73. The Morgan fingerprint density at radius 1 is 1.20 bits per heavy atom. The van der Waals surface area contributed by atoms with Crippen molar-refractivity contribution in [3.63, 3.8) is 0 Å². The van der Waals surface area contributed by atoms with Crippen LogP contribution in [-0.2, 0) is 22.4 Å². The molecule has 1 aromatic heterocycles. The summed E-state index contributed by atoms with van der Waals surface area (Å²) in [6.07, 6.45) is -2.92. The van der Waals surface area contributed by atoms with Crippen LogP contribution in [0.15, 0.2) is 59.8 Å². The van der Waals surface area contributed by atoms with Gasteiger partial charge in [-0.2, -0.15) is 13.2 Å². The minimum absolute atomic E-state index is 0.0136. The fourth-order valence-electron chi connectivity index (χ4n) is 2.98. The van der Waals surface area contributed by atoms with Gasteiger partial charge in [-0.25, -0.2) is 4.79 Å². The molecule has 0 bridgehead atoms. The predicted octanol–water partition coefficient (Wildman–Crippen LogP) is 6.35. The number of nitrogens with zero attached hydrogens (tertiary/aromatic N) is 1. The van der Waals surface area contributed by atoms with Crippen LogP contribution in [0.1, 0.15) is 35.4 Å². The van der Waals surface area contributed by atoms with Gasteiger partial charge in [-0.15, -0.1) is 11.3 Å². The first-order valence-corrected chi connectivity index (χ1v) is 9.78. The van der Waals surface area contributed by atoms with Gasteiger partial charge in [0.05, 0.1) is 16.8 Å². The van der Waals surface area contributed by atoms with Crippen LogP contribution >= 0.6 is 11.3 Å². The van der Waals surface area contributed by atoms with Crippen LogP contribution in [0.25, 0.3) is 15.7 Å². The molecule has 0 unspecified atom stereocenters. The zero-order valence-electron chi connectivity index (χ0n) is 16.2. The second-order valence-corrected chi connectivity index (χ2v) is 7.49. The standard InChI is InChI=1S/C22H18F3NO3S/c1-3-16(21(27)28)20-18(17-9-4-5-10-19(17)30-20)12-29-26-13(2)14-7-6-8-15(11-14)22(23,24)25/h3-11H,12H2,1-2H3,(H,27,28). The normalized spacial score (nSPS) is 13.0. The Labute approximate surface area is 174 Å².